The predicted molar refractivity (Wildman–Crippen MR) is 118 cm³/mol. The Kier molecular flexibility index (Phi) is 5.68. The molecule has 1 aliphatic heterocycles. The van der Waals surface area contributed by atoms with Crippen LogP contribution in [0.5, 0.6) is 0 Å². The molecule has 0 bridgehead atoms. The lowest BCUT2D eigenvalue weighted by Crippen LogP contribution is -2.25. The number of H-pyrrole nitrogens is 1. The molecule has 0 spiro atoms. The molecule has 7 nitrogen and oxygen atoms in total. The molecule has 1 saturated heterocycles. The Labute approximate surface area is 190 Å². The highest BCUT2D eigenvalue weighted by Gasteiger charge is 2.37. The van der Waals surface area contributed by atoms with Crippen LogP contribution in [0.1, 0.15) is 84.9 Å². The van der Waals surface area contributed by atoms with Gasteiger partial charge in [0.2, 0.25) is 11.5 Å². The van der Waals surface area contributed by atoms with Crippen molar-refractivity contribution in [2.24, 2.45) is 0 Å². The maximum atomic E-state index is 13.8. The number of nitrogens with zero attached hydrogens (tertiary/aromatic N) is 4. The number of aromatic nitrogens is 5. The lowest BCUT2D eigenvalue weighted by molar-refractivity contribution is -0.0384. The van der Waals surface area contributed by atoms with Gasteiger partial charge in [-0.1, -0.05) is 0 Å². The summed E-state index contributed by atoms with van der Waals surface area (Å²) in [5.41, 5.74) is 4.24. The number of aromatic amines is 1. The number of pyridine rings is 1. The molecular weight excluding hydrogens is 428 g/mol. The highest BCUT2D eigenvalue weighted by molar-refractivity contribution is 5.73. The van der Waals surface area contributed by atoms with E-state index in [0.717, 1.165) is 29.1 Å². The molecule has 0 amide bonds. The van der Waals surface area contributed by atoms with Gasteiger partial charge in [-0.15, -0.1) is 0 Å². The normalized spacial score (nSPS) is 23.6. The van der Waals surface area contributed by atoms with E-state index in [4.69, 9.17) is 19.7 Å². The second-order valence-electron chi connectivity index (χ2n) is 9.23. The molecule has 2 fully saturated rings. The van der Waals surface area contributed by atoms with Gasteiger partial charge in [0.25, 0.3) is 0 Å². The minimum absolute atomic E-state index is 0.0345. The molecule has 174 valence electrons. The predicted octanol–water partition coefficient (Wildman–Crippen LogP) is 4.65. The number of aryl methyl sites for hydroxylation is 2. The molecule has 2 atom stereocenters. The molecule has 9 heteroatoms. The first kappa shape index (κ1) is 22.0. The van der Waals surface area contributed by atoms with E-state index in [-0.39, 0.29) is 36.3 Å². The van der Waals surface area contributed by atoms with E-state index in [0.29, 0.717) is 42.9 Å². The zero-order valence-corrected chi connectivity index (χ0v) is 18.8. The number of fused-ring (bicyclic) bond motifs is 1. The molecule has 4 heterocycles. The fourth-order valence-electron chi connectivity index (χ4n) is 4.82. The maximum Gasteiger partial charge on any atom is 0.248 e. The van der Waals surface area contributed by atoms with Crippen molar-refractivity contribution in [2.75, 3.05) is 6.61 Å². The number of ether oxygens (including phenoxy) is 1. The van der Waals surface area contributed by atoms with Crippen LogP contribution in [0.25, 0.3) is 11.2 Å². The van der Waals surface area contributed by atoms with Gasteiger partial charge in [-0.3, -0.25) is 4.79 Å². The number of rotatable bonds is 3. The average Bonchev–Trinajstić information content (AvgIpc) is 2.80. The molecule has 0 aromatic carbocycles. The summed E-state index contributed by atoms with van der Waals surface area (Å²) >= 11 is 0. The summed E-state index contributed by atoms with van der Waals surface area (Å²) in [6, 6.07) is 3.27. The van der Waals surface area contributed by atoms with Crippen molar-refractivity contribution >= 4 is 11.2 Å². The first-order valence-corrected chi connectivity index (χ1v) is 11.5. The summed E-state index contributed by atoms with van der Waals surface area (Å²) in [5.74, 6) is -1.98. The Morgan fingerprint density at radius 3 is 2.48 bits per heavy atom. The molecule has 2 unspecified atom stereocenters. The topological polar surface area (TPSA) is 93.7 Å². The van der Waals surface area contributed by atoms with Gasteiger partial charge in [-0.2, -0.15) is 0 Å². The van der Waals surface area contributed by atoms with E-state index < -0.39 is 5.92 Å². The number of alkyl halides is 2. The Hall–Kier alpha value is -2.81. The lowest BCUT2D eigenvalue weighted by atomic mass is 9.84. The van der Waals surface area contributed by atoms with Crippen LogP contribution in [0.3, 0.4) is 0 Å². The number of halogens is 2. The Morgan fingerprint density at radius 2 is 1.76 bits per heavy atom. The van der Waals surface area contributed by atoms with Crippen molar-refractivity contribution in [3.05, 3.63) is 57.2 Å². The van der Waals surface area contributed by atoms with E-state index in [1.807, 2.05) is 13.8 Å². The Balaban J connectivity index is 1.52. The van der Waals surface area contributed by atoms with Crippen molar-refractivity contribution < 1.29 is 13.5 Å². The maximum absolute atomic E-state index is 13.8. The van der Waals surface area contributed by atoms with Crippen LogP contribution in [0.4, 0.5) is 8.78 Å². The van der Waals surface area contributed by atoms with Crippen LogP contribution in [-0.2, 0) is 4.74 Å². The fourth-order valence-corrected chi connectivity index (χ4v) is 4.82. The smallest absolute Gasteiger partial charge is 0.248 e. The van der Waals surface area contributed by atoms with Crippen LogP contribution in [0.15, 0.2) is 23.1 Å². The molecule has 3 aromatic heterocycles. The lowest BCUT2D eigenvalue weighted by Gasteiger charge is -2.31. The standard InChI is InChI=1S/C24H27F2N5O2/c1-13-14(2)29-23-21(28-13)20(15-5-8-24(25,26)9-6-15)30-22(31-23)16-7-10-33-18(11-16)17-3-4-19(32)27-12-17/h3-4,12,15-16,18H,5-11H2,1-2H3,(H,27,32). The summed E-state index contributed by atoms with van der Waals surface area (Å²) in [5, 5.41) is 0. The molecule has 33 heavy (non-hydrogen) atoms. The minimum Gasteiger partial charge on any atom is -0.373 e. The van der Waals surface area contributed by atoms with Gasteiger partial charge in [0.15, 0.2) is 5.65 Å². The summed E-state index contributed by atoms with van der Waals surface area (Å²) in [6.07, 6.45) is 3.40. The van der Waals surface area contributed by atoms with E-state index >= 15 is 0 Å². The van der Waals surface area contributed by atoms with Crippen LogP contribution in [-0.4, -0.2) is 37.4 Å². The monoisotopic (exact) mass is 455 g/mol. The van der Waals surface area contributed by atoms with Crippen molar-refractivity contribution in [1.82, 2.24) is 24.9 Å². The van der Waals surface area contributed by atoms with Crippen LogP contribution in [0, 0.1) is 13.8 Å². The molecular formula is C24H27F2N5O2. The van der Waals surface area contributed by atoms with Gasteiger partial charge in [-0.05, 0) is 51.2 Å². The average molecular weight is 456 g/mol. The van der Waals surface area contributed by atoms with Gasteiger partial charge < -0.3 is 9.72 Å². The van der Waals surface area contributed by atoms with Gasteiger partial charge in [0.05, 0.1) is 23.2 Å². The molecule has 1 saturated carbocycles. The molecule has 5 rings (SSSR count). The summed E-state index contributed by atoms with van der Waals surface area (Å²) in [6.45, 7) is 4.33. The fraction of sp³-hybridized carbons (Fsp3) is 0.542. The quantitative estimate of drug-likeness (QED) is 0.618. The summed E-state index contributed by atoms with van der Waals surface area (Å²) in [7, 11) is 0. The van der Waals surface area contributed by atoms with Gasteiger partial charge >= 0.3 is 0 Å². The number of hydrogen-bond acceptors (Lipinski definition) is 6. The van der Waals surface area contributed by atoms with Crippen molar-refractivity contribution in [2.45, 2.75) is 76.2 Å². The van der Waals surface area contributed by atoms with Gasteiger partial charge in [0.1, 0.15) is 11.3 Å². The van der Waals surface area contributed by atoms with Crippen LogP contribution >= 0.6 is 0 Å². The number of hydrogen-bond donors (Lipinski definition) is 1. The Morgan fingerprint density at radius 1 is 1.00 bits per heavy atom. The number of nitrogens with one attached hydrogen (secondary N) is 1. The van der Waals surface area contributed by atoms with Gasteiger partial charge in [0, 0.05) is 43.5 Å². The van der Waals surface area contributed by atoms with E-state index in [1.165, 1.54) is 6.07 Å². The third-order valence-corrected chi connectivity index (χ3v) is 6.92. The minimum atomic E-state index is -2.61. The molecule has 0 radical (unpaired) electrons. The highest BCUT2D eigenvalue weighted by Crippen LogP contribution is 2.43. The molecule has 1 N–H and O–H groups in total. The largest absolute Gasteiger partial charge is 0.373 e. The van der Waals surface area contributed by atoms with Crippen molar-refractivity contribution in [1.29, 1.82) is 0 Å². The van der Waals surface area contributed by atoms with E-state index in [1.54, 1.807) is 12.3 Å². The van der Waals surface area contributed by atoms with Crippen molar-refractivity contribution in [3.8, 4) is 0 Å². The van der Waals surface area contributed by atoms with Crippen LogP contribution in [0.2, 0.25) is 0 Å². The van der Waals surface area contributed by atoms with Crippen molar-refractivity contribution in [3.63, 3.8) is 0 Å². The third-order valence-electron chi connectivity index (χ3n) is 6.92. The SMILES string of the molecule is Cc1nc2nc(C3CCOC(c4ccc(=O)[nH]c4)C3)nc(C3CCC(F)(F)CC3)c2nc1C. The molecule has 1 aliphatic carbocycles. The summed E-state index contributed by atoms with van der Waals surface area (Å²) < 4.78 is 33.6. The first-order chi connectivity index (χ1) is 15.8. The summed E-state index contributed by atoms with van der Waals surface area (Å²) in [4.78, 5) is 33.2. The van der Waals surface area contributed by atoms with Gasteiger partial charge in [-0.25, -0.2) is 28.7 Å². The first-order valence-electron chi connectivity index (χ1n) is 11.5. The molecule has 2 aliphatic rings. The highest BCUT2D eigenvalue weighted by atomic mass is 19.3. The zero-order chi connectivity index (χ0) is 23.2. The second-order valence-corrected chi connectivity index (χ2v) is 9.23. The molecule has 3 aromatic rings. The van der Waals surface area contributed by atoms with E-state index in [9.17, 15) is 13.6 Å². The third kappa shape index (κ3) is 4.51. The van der Waals surface area contributed by atoms with Crippen LogP contribution < -0.4 is 5.56 Å². The van der Waals surface area contributed by atoms with E-state index in [2.05, 4.69) is 9.97 Å². The Bertz CT molecular complexity index is 1210. The second kappa shape index (κ2) is 8.52. The zero-order valence-electron chi connectivity index (χ0n) is 18.8.